The Morgan fingerprint density at radius 2 is 1.63 bits per heavy atom. The summed E-state index contributed by atoms with van der Waals surface area (Å²) in [6.45, 7) is 0. The predicted octanol–water partition coefficient (Wildman–Crippen LogP) is 7.92. The van der Waals surface area contributed by atoms with Gasteiger partial charge in [-0.15, -0.1) is 0 Å². The number of aromatic nitrogens is 1. The van der Waals surface area contributed by atoms with Crippen LogP contribution in [0.2, 0.25) is 5.02 Å². The Hall–Kier alpha value is -3.27. The molecule has 0 aliphatic heterocycles. The number of rotatable bonds is 6. The molecule has 1 aromatic heterocycles. The smallest absolute Gasteiger partial charge is 0.376 e. The topological polar surface area (TPSA) is 54.2 Å². The molecule has 0 unspecified atom stereocenters. The summed E-state index contributed by atoms with van der Waals surface area (Å²) in [6.07, 6.45) is -2.85. The van der Waals surface area contributed by atoms with Crippen LogP contribution < -0.4 is 15.4 Å². The van der Waals surface area contributed by atoms with E-state index in [1.807, 2.05) is 54.6 Å². The molecule has 1 heterocycles. The van der Waals surface area contributed by atoms with Crippen molar-refractivity contribution in [3.05, 3.63) is 102 Å². The summed E-state index contributed by atoms with van der Waals surface area (Å²) in [6, 6.07) is 24.3. The average Bonchev–Trinajstić information content (AvgIpc) is 2.85. The van der Waals surface area contributed by atoms with E-state index in [9.17, 15) is 13.2 Å². The molecule has 0 aliphatic carbocycles. The molecule has 35 heavy (non-hydrogen) atoms. The summed E-state index contributed by atoms with van der Waals surface area (Å²) in [4.78, 5) is 6.71. The fourth-order valence-corrected chi connectivity index (χ4v) is 4.35. The molecule has 0 aliphatic rings. The van der Waals surface area contributed by atoms with E-state index in [1.165, 1.54) is 29.0 Å². The van der Waals surface area contributed by atoms with Gasteiger partial charge in [0, 0.05) is 21.8 Å². The maximum Gasteiger partial charge on any atom is 0.417 e. The van der Waals surface area contributed by atoms with Crippen molar-refractivity contribution < 1.29 is 13.2 Å². The molecule has 0 amide bonds. The zero-order valence-electron chi connectivity index (χ0n) is 18.0. The lowest BCUT2D eigenvalue weighted by Crippen LogP contribution is -2.31. The number of thiocarbonyl (C=S) groups is 1. The second kappa shape index (κ2) is 10.6. The van der Waals surface area contributed by atoms with Gasteiger partial charge >= 0.3 is 6.18 Å². The van der Waals surface area contributed by atoms with Crippen LogP contribution in [0.4, 0.5) is 30.2 Å². The minimum absolute atomic E-state index is 0.0939. The highest BCUT2D eigenvalue weighted by molar-refractivity contribution is 8.00. The molecule has 0 spiro atoms. The molecule has 4 nitrogen and oxygen atoms in total. The highest BCUT2D eigenvalue weighted by Crippen LogP contribution is 2.38. The third-order valence-electron chi connectivity index (χ3n) is 4.95. The van der Waals surface area contributed by atoms with Crippen molar-refractivity contribution in [1.82, 2.24) is 4.98 Å². The van der Waals surface area contributed by atoms with E-state index < -0.39 is 16.8 Å². The van der Waals surface area contributed by atoms with Crippen LogP contribution in [0.15, 0.2) is 96.0 Å². The standard InChI is InChI=1S/C25H18ClF3N4S2/c26-22-12-9-19(14-21(22)25(27,28)29)33(24(30)34)18-7-10-20(11-8-18)35-32-17-6-13-23(31-15-17)16-4-2-1-3-5-16/h1-15,32H,(H2,30,34). The van der Waals surface area contributed by atoms with Crippen LogP contribution in [0.1, 0.15) is 5.56 Å². The van der Waals surface area contributed by atoms with Gasteiger partial charge in [-0.1, -0.05) is 41.9 Å². The molecule has 10 heteroatoms. The van der Waals surface area contributed by atoms with Crippen LogP contribution >= 0.6 is 35.8 Å². The second-order valence-electron chi connectivity index (χ2n) is 7.33. The summed E-state index contributed by atoms with van der Waals surface area (Å²) in [5, 5.41) is -0.489. The van der Waals surface area contributed by atoms with E-state index in [2.05, 4.69) is 9.71 Å². The molecule has 4 rings (SSSR count). The van der Waals surface area contributed by atoms with Gasteiger partial charge < -0.3 is 10.5 Å². The number of nitrogens with one attached hydrogen (secondary N) is 1. The largest absolute Gasteiger partial charge is 0.417 e. The molecule has 0 fully saturated rings. The first-order chi connectivity index (χ1) is 16.7. The Morgan fingerprint density at radius 1 is 0.943 bits per heavy atom. The first-order valence-electron chi connectivity index (χ1n) is 10.2. The Kier molecular flexibility index (Phi) is 7.49. The van der Waals surface area contributed by atoms with Crippen LogP contribution in [-0.4, -0.2) is 10.1 Å². The number of hydrogen-bond donors (Lipinski definition) is 2. The summed E-state index contributed by atoms with van der Waals surface area (Å²) in [5.74, 6) is 0. The van der Waals surface area contributed by atoms with Gasteiger partial charge in [-0.2, -0.15) is 13.2 Å². The molecule has 4 aromatic rings. The Morgan fingerprint density at radius 3 is 2.23 bits per heavy atom. The van der Waals surface area contributed by atoms with Crippen molar-refractivity contribution in [1.29, 1.82) is 0 Å². The highest BCUT2D eigenvalue weighted by Gasteiger charge is 2.34. The zero-order chi connectivity index (χ0) is 25.0. The van der Waals surface area contributed by atoms with Crippen LogP contribution in [-0.2, 0) is 6.18 Å². The van der Waals surface area contributed by atoms with Crippen LogP contribution in [0.3, 0.4) is 0 Å². The van der Waals surface area contributed by atoms with E-state index in [-0.39, 0.29) is 10.8 Å². The number of nitrogens with zero attached hydrogens (tertiary/aromatic N) is 2. The molecule has 0 saturated carbocycles. The van der Waals surface area contributed by atoms with Crippen molar-refractivity contribution in [3.8, 4) is 11.3 Å². The molecule has 0 atom stereocenters. The molecule has 178 valence electrons. The first kappa shape index (κ1) is 24.8. The maximum absolute atomic E-state index is 13.3. The maximum atomic E-state index is 13.3. The number of benzene rings is 3. The Labute approximate surface area is 215 Å². The third-order valence-corrected chi connectivity index (χ3v) is 6.31. The van der Waals surface area contributed by atoms with Crippen LogP contribution in [0.5, 0.6) is 0 Å². The van der Waals surface area contributed by atoms with E-state index >= 15 is 0 Å². The van der Waals surface area contributed by atoms with Gasteiger partial charge in [0.05, 0.1) is 28.2 Å². The van der Waals surface area contributed by atoms with Crippen molar-refractivity contribution in [3.63, 3.8) is 0 Å². The molecule has 3 aromatic carbocycles. The minimum atomic E-state index is -4.60. The minimum Gasteiger partial charge on any atom is -0.376 e. The summed E-state index contributed by atoms with van der Waals surface area (Å²) < 4.78 is 43.1. The van der Waals surface area contributed by atoms with E-state index in [0.717, 1.165) is 27.9 Å². The molecule has 3 N–H and O–H groups in total. The lowest BCUT2D eigenvalue weighted by Gasteiger charge is -2.24. The number of hydrogen-bond acceptors (Lipinski definition) is 4. The quantitative estimate of drug-likeness (QED) is 0.195. The van der Waals surface area contributed by atoms with Crippen LogP contribution in [0.25, 0.3) is 11.3 Å². The van der Waals surface area contributed by atoms with Gasteiger partial charge in [0.2, 0.25) is 0 Å². The summed E-state index contributed by atoms with van der Waals surface area (Å²) in [5.41, 5.74) is 8.30. The van der Waals surface area contributed by atoms with Crippen molar-refractivity contribution in [2.75, 3.05) is 9.62 Å². The van der Waals surface area contributed by atoms with Gasteiger partial charge in [0.15, 0.2) is 5.11 Å². The monoisotopic (exact) mass is 530 g/mol. The van der Waals surface area contributed by atoms with Gasteiger partial charge in [-0.05, 0) is 78.8 Å². The van der Waals surface area contributed by atoms with Gasteiger partial charge in [0.25, 0.3) is 0 Å². The molecule has 0 radical (unpaired) electrons. The fraction of sp³-hybridized carbons (Fsp3) is 0.0400. The molecular formula is C25H18ClF3N4S2. The molecular weight excluding hydrogens is 513 g/mol. The number of anilines is 3. The lowest BCUT2D eigenvalue weighted by atomic mass is 10.1. The van der Waals surface area contributed by atoms with Crippen molar-refractivity contribution in [2.24, 2.45) is 5.73 Å². The zero-order valence-corrected chi connectivity index (χ0v) is 20.3. The van der Waals surface area contributed by atoms with Crippen molar-refractivity contribution in [2.45, 2.75) is 11.1 Å². The number of pyridine rings is 1. The first-order valence-corrected chi connectivity index (χ1v) is 11.8. The Balaban J connectivity index is 1.47. The SMILES string of the molecule is NC(=S)N(c1ccc(SNc2ccc(-c3ccccc3)nc2)cc1)c1ccc(Cl)c(C(F)(F)F)c1. The van der Waals surface area contributed by atoms with Gasteiger partial charge in [0.1, 0.15) is 0 Å². The van der Waals surface area contributed by atoms with E-state index in [4.69, 9.17) is 29.6 Å². The predicted molar refractivity (Wildman–Crippen MR) is 141 cm³/mol. The fourth-order valence-electron chi connectivity index (χ4n) is 3.29. The summed E-state index contributed by atoms with van der Waals surface area (Å²) in [7, 11) is 0. The normalized spacial score (nSPS) is 11.2. The summed E-state index contributed by atoms with van der Waals surface area (Å²) >= 11 is 12.2. The van der Waals surface area contributed by atoms with Gasteiger partial charge in [-0.25, -0.2) is 0 Å². The molecule has 0 bridgehead atoms. The lowest BCUT2D eigenvalue weighted by molar-refractivity contribution is -0.137. The van der Waals surface area contributed by atoms with E-state index in [0.29, 0.717) is 5.69 Å². The number of alkyl halides is 3. The number of halogens is 4. The van der Waals surface area contributed by atoms with E-state index in [1.54, 1.807) is 18.3 Å². The average molecular weight is 531 g/mol. The van der Waals surface area contributed by atoms with Crippen LogP contribution in [0, 0.1) is 0 Å². The van der Waals surface area contributed by atoms with Crippen molar-refractivity contribution >= 4 is 57.9 Å². The highest BCUT2D eigenvalue weighted by atomic mass is 35.5. The van der Waals surface area contributed by atoms with Gasteiger partial charge in [-0.3, -0.25) is 9.88 Å². The number of nitrogens with two attached hydrogens (primary N) is 1. The third kappa shape index (κ3) is 6.05. The second-order valence-corrected chi connectivity index (χ2v) is 9.04. The Bertz CT molecular complexity index is 1320. The molecule has 0 saturated heterocycles.